The van der Waals surface area contributed by atoms with Crippen molar-refractivity contribution in [3.63, 3.8) is 0 Å². The molecule has 0 fully saturated rings. The van der Waals surface area contributed by atoms with E-state index in [0.717, 1.165) is 44.5 Å². The first kappa shape index (κ1) is 34.5. The van der Waals surface area contributed by atoms with Crippen molar-refractivity contribution in [1.29, 1.82) is 0 Å². The van der Waals surface area contributed by atoms with E-state index < -0.39 is 0 Å². The minimum atomic E-state index is 0.224. The number of hydrogen-bond donors (Lipinski definition) is 1. The van der Waals surface area contributed by atoms with Crippen LogP contribution in [-0.4, -0.2) is 5.11 Å². The largest absolute Gasteiger partial charge is 0.508 e. The third-order valence-corrected chi connectivity index (χ3v) is 11.9. The van der Waals surface area contributed by atoms with Crippen LogP contribution >= 0.6 is 0 Å². The van der Waals surface area contributed by atoms with Gasteiger partial charge in [-0.15, -0.1) is 0 Å². The first-order valence-electron chi connectivity index (χ1n) is 20.2. The van der Waals surface area contributed by atoms with Gasteiger partial charge in [0.2, 0.25) is 0 Å². The predicted octanol–water partition coefficient (Wildman–Crippen LogP) is 16.0. The van der Waals surface area contributed by atoms with Gasteiger partial charge in [0.1, 0.15) is 5.75 Å². The molecule has 0 bridgehead atoms. The molecule has 59 heavy (non-hydrogen) atoms. The lowest BCUT2D eigenvalue weighted by atomic mass is 9.88. The summed E-state index contributed by atoms with van der Waals surface area (Å²) in [6.45, 7) is 0. The number of rotatable bonds is 6. The zero-order valence-corrected chi connectivity index (χ0v) is 32.3. The maximum atomic E-state index is 11.6. The highest BCUT2D eigenvalue weighted by Crippen LogP contribution is 2.42. The Bertz CT molecular complexity index is 2970. The van der Waals surface area contributed by atoms with Crippen LogP contribution in [0.4, 0.5) is 0 Å². The van der Waals surface area contributed by atoms with E-state index in [-0.39, 0.29) is 5.75 Å². The van der Waals surface area contributed by atoms with Crippen LogP contribution in [0.2, 0.25) is 0 Å². The monoisotopic (exact) mass is 750 g/mol. The standard InChI is InChI=1S/C58H38O/c59-50-36-44(42-30-46(55-25-9-17-38-13-1-5-21-51(38)55)34-47(31-42)56-26-10-18-39-14-2-6-22-52(39)56)29-45(37-50)43-32-48(57-27-11-19-40-15-3-7-23-53(40)57)35-49(33-43)58-28-12-20-41-16-4-8-24-54(41)58/h1-37,59H. The SMILES string of the molecule is Oc1cc(-c2cc(-c3cccc4ccccc34)cc(-c3cccc4ccccc34)c2)cc(-c2cc(-c3cccc4ccccc34)cc(-c3cccc4ccccc34)c2)c1. The molecule has 0 aliphatic carbocycles. The lowest BCUT2D eigenvalue weighted by Gasteiger charge is -2.16. The Labute approximate surface area is 343 Å². The number of fused-ring (bicyclic) bond motifs is 4. The van der Waals surface area contributed by atoms with Gasteiger partial charge in [0, 0.05) is 0 Å². The Hall–Kier alpha value is -7.74. The number of hydrogen-bond acceptors (Lipinski definition) is 1. The van der Waals surface area contributed by atoms with Crippen LogP contribution in [0.5, 0.6) is 5.75 Å². The van der Waals surface area contributed by atoms with Crippen molar-refractivity contribution in [2.45, 2.75) is 0 Å². The zero-order chi connectivity index (χ0) is 39.3. The molecule has 0 amide bonds. The molecule has 0 saturated carbocycles. The third-order valence-electron chi connectivity index (χ3n) is 11.9. The summed E-state index contributed by atoms with van der Waals surface area (Å²) >= 11 is 0. The molecule has 276 valence electrons. The topological polar surface area (TPSA) is 20.2 Å². The molecule has 1 N–H and O–H groups in total. The van der Waals surface area contributed by atoms with Gasteiger partial charge in [-0.05, 0) is 164 Å². The fraction of sp³-hybridized carbons (Fsp3) is 0. The van der Waals surface area contributed by atoms with E-state index in [0.29, 0.717) is 0 Å². The highest BCUT2D eigenvalue weighted by molar-refractivity contribution is 6.03. The van der Waals surface area contributed by atoms with Crippen molar-refractivity contribution in [1.82, 2.24) is 0 Å². The van der Waals surface area contributed by atoms with Crippen LogP contribution in [0.3, 0.4) is 0 Å². The molecule has 1 nitrogen and oxygen atoms in total. The molecule has 11 rings (SSSR count). The second kappa shape index (κ2) is 14.3. The number of aromatic hydroxyl groups is 1. The van der Waals surface area contributed by atoms with E-state index in [4.69, 9.17) is 0 Å². The number of phenolic OH excluding ortho intramolecular Hbond substituents is 1. The van der Waals surface area contributed by atoms with E-state index in [9.17, 15) is 5.11 Å². The highest BCUT2D eigenvalue weighted by Gasteiger charge is 2.16. The van der Waals surface area contributed by atoms with Gasteiger partial charge in [-0.1, -0.05) is 170 Å². The smallest absolute Gasteiger partial charge is 0.116 e. The minimum Gasteiger partial charge on any atom is -0.508 e. The molecule has 0 unspecified atom stereocenters. The van der Waals surface area contributed by atoms with Gasteiger partial charge in [-0.3, -0.25) is 0 Å². The second-order valence-electron chi connectivity index (χ2n) is 15.5. The summed E-state index contributed by atoms with van der Waals surface area (Å²) < 4.78 is 0. The Balaban J connectivity index is 1.14. The average molecular weight is 751 g/mol. The van der Waals surface area contributed by atoms with Gasteiger partial charge in [0.15, 0.2) is 0 Å². The molecule has 0 aromatic heterocycles. The maximum absolute atomic E-state index is 11.6. The Morgan fingerprint density at radius 2 is 0.424 bits per heavy atom. The van der Waals surface area contributed by atoms with Crippen LogP contribution in [0.25, 0.3) is 110 Å². The van der Waals surface area contributed by atoms with Crippen molar-refractivity contribution < 1.29 is 5.11 Å². The summed E-state index contributed by atoms with van der Waals surface area (Å²) in [6.07, 6.45) is 0. The predicted molar refractivity (Wildman–Crippen MR) is 251 cm³/mol. The molecule has 0 atom stereocenters. The van der Waals surface area contributed by atoms with E-state index in [1.807, 2.05) is 12.1 Å². The highest BCUT2D eigenvalue weighted by atomic mass is 16.3. The minimum absolute atomic E-state index is 0.224. The number of phenols is 1. The van der Waals surface area contributed by atoms with E-state index in [1.165, 1.54) is 65.3 Å². The quantitative estimate of drug-likeness (QED) is 0.179. The van der Waals surface area contributed by atoms with Crippen LogP contribution in [0.1, 0.15) is 0 Å². The molecule has 0 aliphatic heterocycles. The Kier molecular flexibility index (Phi) is 8.38. The first-order chi connectivity index (χ1) is 29.1. The summed E-state index contributed by atoms with van der Waals surface area (Å²) in [6, 6.07) is 80.3. The van der Waals surface area contributed by atoms with E-state index in [2.05, 4.69) is 212 Å². The molecule has 0 saturated heterocycles. The van der Waals surface area contributed by atoms with E-state index in [1.54, 1.807) is 0 Å². The Morgan fingerprint density at radius 1 is 0.203 bits per heavy atom. The Morgan fingerprint density at radius 3 is 0.729 bits per heavy atom. The fourth-order valence-electron chi connectivity index (χ4n) is 9.06. The summed E-state index contributed by atoms with van der Waals surface area (Å²) in [4.78, 5) is 0. The molecule has 1 heteroatoms. The molecule has 0 spiro atoms. The molecule has 11 aromatic carbocycles. The molecule has 0 aliphatic rings. The maximum Gasteiger partial charge on any atom is 0.116 e. The van der Waals surface area contributed by atoms with Gasteiger partial charge in [-0.2, -0.15) is 0 Å². The van der Waals surface area contributed by atoms with Crippen molar-refractivity contribution >= 4 is 43.1 Å². The fourth-order valence-corrected chi connectivity index (χ4v) is 9.06. The summed E-state index contributed by atoms with van der Waals surface area (Å²) in [5.41, 5.74) is 13.2. The van der Waals surface area contributed by atoms with E-state index >= 15 is 0 Å². The molecular formula is C58H38O. The van der Waals surface area contributed by atoms with Crippen LogP contribution in [-0.2, 0) is 0 Å². The van der Waals surface area contributed by atoms with Crippen molar-refractivity contribution in [3.05, 3.63) is 224 Å². The van der Waals surface area contributed by atoms with Gasteiger partial charge < -0.3 is 5.11 Å². The average Bonchev–Trinajstić information content (AvgIpc) is 3.30. The zero-order valence-electron chi connectivity index (χ0n) is 32.3. The lowest BCUT2D eigenvalue weighted by molar-refractivity contribution is 0.476. The van der Waals surface area contributed by atoms with Crippen LogP contribution in [0.15, 0.2) is 224 Å². The molecule has 0 radical (unpaired) electrons. The normalized spacial score (nSPS) is 11.5. The van der Waals surface area contributed by atoms with Gasteiger partial charge in [0.25, 0.3) is 0 Å². The number of benzene rings is 11. The van der Waals surface area contributed by atoms with Crippen molar-refractivity contribution in [3.8, 4) is 72.5 Å². The van der Waals surface area contributed by atoms with Gasteiger partial charge in [-0.25, -0.2) is 0 Å². The summed E-state index contributed by atoms with van der Waals surface area (Å²) in [5, 5.41) is 21.3. The molecule has 11 aromatic rings. The van der Waals surface area contributed by atoms with Crippen LogP contribution in [0, 0.1) is 0 Å². The first-order valence-corrected chi connectivity index (χ1v) is 20.2. The second-order valence-corrected chi connectivity index (χ2v) is 15.5. The molecular weight excluding hydrogens is 713 g/mol. The lowest BCUT2D eigenvalue weighted by Crippen LogP contribution is -1.90. The molecule has 0 heterocycles. The van der Waals surface area contributed by atoms with Crippen molar-refractivity contribution in [2.24, 2.45) is 0 Å². The van der Waals surface area contributed by atoms with Gasteiger partial charge >= 0.3 is 0 Å². The summed E-state index contributed by atoms with van der Waals surface area (Å²) in [7, 11) is 0. The summed E-state index contributed by atoms with van der Waals surface area (Å²) in [5.74, 6) is 0.224. The third kappa shape index (κ3) is 6.30. The van der Waals surface area contributed by atoms with Crippen LogP contribution < -0.4 is 0 Å². The van der Waals surface area contributed by atoms with Gasteiger partial charge in [0.05, 0.1) is 0 Å². The van der Waals surface area contributed by atoms with Crippen molar-refractivity contribution in [2.75, 3.05) is 0 Å².